The number of hydrogen-bond acceptors (Lipinski definition) is 6. The first-order valence-corrected chi connectivity index (χ1v) is 6.61. The maximum atomic E-state index is 4.30. The van der Waals surface area contributed by atoms with Crippen LogP contribution in [0.4, 0.5) is 5.95 Å². The van der Waals surface area contributed by atoms with E-state index in [1.807, 2.05) is 12.5 Å². The Bertz CT molecular complexity index is 453. The highest BCUT2D eigenvalue weighted by atomic mass is 32.2. The molecule has 15 heavy (non-hydrogen) atoms. The van der Waals surface area contributed by atoms with Gasteiger partial charge in [-0.1, -0.05) is 0 Å². The molecule has 0 saturated heterocycles. The lowest BCUT2D eigenvalue weighted by Gasteiger charge is -1.93. The smallest absolute Gasteiger partial charge is 0.259 e. The molecule has 0 aromatic carbocycles. The highest BCUT2D eigenvalue weighted by molar-refractivity contribution is 8.38. The van der Waals surface area contributed by atoms with Gasteiger partial charge < -0.3 is 0 Å². The first-order chi connectivity index (χ1) is 7.33. The van der Waals surface area contributed by atoms with Gasteiger partial charge in [0.2, 0.25) is 0 Å². The van der Waals surface area contributed by atoms with E-state index in [9.17, 15) is 0 Å². The van der Waals surface area contributed by atoms with Crippen LogP contribution >= 0.6 is 23.5 Å². The maximum absolute atomic E-state index is 4.30. The Labute approximate surface area is 95.4 Å². The Hall–Kier alpha value is -1.08. The normalized spacial score (nSPS) is 10.5. The predicted octanol–water partition coefficient (Wildman–Crippen LogP) is 1.84. The molecule has 0 amide bonds. The average molecular weight is 239 g/mol. The molecular weight excluding hydrogens is 230 g/mol. The van der Waals surface area contributed by atoms with Crippen molar-refractivity contribution < 1.29 is 0 Å². The van der Waals surface area contributed by atoms with Gasteiger partial charge in [-0.3, -0.25) is 4.98 Å². The molecule has 0 spiro atoms. The number of aliphatic imine (C=N–C) groups is 1. The first-order valence-electron chi connectivity index (χ1n) is 4.16. The van der Waals surface area contributed by atoms with E-state index in [1.54, 1.807) is 46.6 Å². The molecule has 7 heteroatoms. The summed E-state index contributed by atoms with van der Waals surface area (Å²) >= 11 is 3.17. The fraction of sp³-hybridized carbons (Fsp3) is 0.250. The molecule has 2 heterocycles. The van der Waals surface area contributed by atoms with Gasteiger partial charge in [-0.25, -0.2) is 4.52 Å². The maximum Gasteiger partial charge on any atom is 0.270 e. The second kappa shape index (κ2) is 4.63. The fourth-order valence-corrected chi connectivity index (χ4v) is 2.05. The van der Waals surface area contributed by atoms with Gasteiger partial charge in [0.1, 0.15) is 4.38 Å². The molecule has 0 unspecified atom stereocenters. The van der Waals surface area contributed by atoms with E-state index in [2.05, 4.69) is 20.1 Å². The van der Waals surface area contributed by atoms with Gasteiger partial charge in [0.15, 0.2) is 5.65 Å². The van der Waals surface area contributed by atoms with E-state index in [0.29, 0.717) is 11.6 Å². The van der Waals surface area contributed by atoms with Crippen molar-refractivity contribution in [1.82, 2.24) is 19.6 Å². The summed E-state index contributed by atoms with van der Waals surface area (Å²) in [7, 11) is 0. The van der Waals surface area contributed by atoms with Crippen LogP contribution in [-0.4, -0.2) is 36.5 Å². The molecule has 0 N–H and O–H groups in total. The third-order valence-corrected chi connectivity index (χ3v) is 3.55. The lowest BCUT2D eigenvalue weighted by atomic mass is 10.7. The zero-order chi connectivity index (χ0) is 10.7. The van der Waals surface area contributed by atoms with E-state index in [-0.39, 0.29) is 0 Å². The fourth-order valence-electron chi connectivity index (χ4n) is 1.04. The third-order valence-electron chi connectivity index (χ3n) is 1.67. The van der Waals surface area contributed by atoms with Crippen LogP contribution in [0.1, 0.15) is 0 Å². The molecule has 0 atom stereocenters. The van der Waals surface area contributed by atoms with Crippen LogP contribution in [0.25, 0.3) is 5.65 Å². The Morgan fingerprint density at radius 2 is 2.20 bits per heavy atom. The molecule has 0 aliphatic carbocycles. The number of aromatic nitrogens is 4. The molecule has 2 aromatic heterocycles. The van der Waals surface area contributed by atoms with Crippen LogP contribution in [0.15, 0.2) is 23.6 Å². The van der Waals surface area contributed by atoms with E-state index in [0.717, 1.165) is 4.38 Å². The minimum atomic E-state index is 0.474. The van der Waals surface area contributed by atoms with Gasteiger partial charge in [-0.05, 0) is 12.5 Å². The molecular formula is C8H9N5S2. The molecule has 0 aliphatic heterocycles. The molecule has 0 radical (unpaired) electrons. The van der Waals surface area contributed by atoms with Gasteiger partial charge in [-0.2, -0.15) is 9.98 Å². The predicted molar refractivity (Wildman–Crippen MR) is 64.9 cm³/mol. The lowest BCUT2D eigenvalue weighted by Crippen LogP contribution is -1.85. The molecule has 0 saturated carbocycles. The topological polar surface area (TPSA) is 55.4 Å². The summed E-state index contributed by atoms with van der Waals surface area (Å²) in [5.74, 6) is 0.474. The molecule has 78 valence electrons. The molecule has 0 bridgehead atoms. The quantitative estimate of drug-likeness (QED) is 0.561. The van der Waals surface area contributed by atoms with Crippen molar-refractivity contribution in [1.29, 1.82) is 0 Å². The standard InChI is InChI=1S/C8H9N5S2/c1-14-8(15-2)11-7-10-6-5-9-3-4-13(6)12-7/h3-5H,1-2H3. The van der Waals surface area contributed by atoms with Crippen LogP contribution in [0.2, 0.25) is 0 Å². The minimum absolute atomic E-state index is 0.474. The van der Waals surface area contributed by atoms with E-state index < -0.39 is 0 Å². The summed E-state index contributed by atoms with van der Waals surface area (Å²) in [6, 6.07) is 0. The van der Waals surface area contributed by atoms with E-state index >= 15 is 0 Å². The Kier molecular flexibility index (Phi) is 3.22. The number of nitrogens with zero attached hydrogens (tertiary/aromatic N) is 5. The van der Waals surface area contributed by atoms with Crippen molar-refractivity contribution in [3.05, 3.63) is 18.6 Å². The van der Waals surface area contributed by atoms with E-state index in [4.69, 9.17) is 0 Å². The summed E-state index contributed by atoms with van der Waals surface area (Å²) < 4.78 is 2.60. The largest absolute Gasteiger partial charge is 0.270 e. The first kappa shape index (κ1) is 10.4. The average Bonchev–Trinajstić information content (AvgIpc) is 2.68. The Morgan fingerprint density at radius 3 is 2.87 bits per heavy atom. The SMILES string of the molecule is CSC(=Nc1nc2cnccn2n1)SC. The minimum Gasteiger partial charge on any atom is -0.259 e. The van der Waals surface area contributed by atoms with E-state index in [1.165, 1.54) is 0 Å². The summed E-state index contributed by atoms with van der Waals surface area (Å²) in [6.07, 6.45) is 9.03. The Balaban J connectivity index is 2.40. The monoisotopic (exact) mass is 239 g/mol. The second-order valence-corrected chi connectivity index (χ2v) is 4.43. The highest BCUT2D eigenvalue weighted by Crippen LogP contribution is 2.16. The molecule has 0 aliphatic rings. The van der Waals surface area contributed by atoms with Crippen molar-refractivity contribution in [3.8, 4) is 0 Å². The molecule has 0 fully saturated rings. The van der Waals surface area contributed by atoms with Crippen LogP contribution < -0.4 is 0 Å². The van der Waals surface area contributed by atoms with Crippen LogP contribution in [0, 0.1) is 0 Å². The number of rotatable bonds is 1. The number of fused-ring (bicyclic) bond motifs is 1. The van der Waals surface area contributed by atoms with Crippen molar-refractivity contribution in [3.63, 3.8) is 0 Å². The van der Waals surface area contributed by atoms with Crippen LogP contribution in [0.5, 0.6) is 0 Å². The molecule has 2 rings (SSSR count). The summed E-state index contributed by atoms with van der Waals surface area (Å²) in [6.45, 7) is 0. The van der Waals surface area contributed by atoms with Crippen molar-refractivity contribution in [2.75, 3.05) is 12.5 Å². The summed E-state index contributed by atoms with van der Waals surface area (Å²) in [4.78, 5) is 12.5. The van der Waals surface area contributed by atoms with Gasteiger partial charge >= 0.3 is 0 Å². The summed E-state index contributed by atoms with van der Waals surface area (Å²) in [5, 5.41) is 4.20. The number of thioether (sulfide) groups is 2. The van der Waals surface area contributed by atoms with Crippen molar-refractivity contribution in [2.24, 2.45) is 4.99 Å². The second-order valence-electron chi connectivity index (χ2n) is 2.58. The highest BCUT2D eigenvalue weighted by Gasteiger charge is 2.02. The van der Waals surface area contributed by atoms with Crippen molar-refractivity contribution in [2.45, 2.75) is 0 Å². The lowest BCUT2D eigenvalue weighted by molar-refractivity contribution is 0.945. The number of hydrogen-bond donors (Lipinski definition) is 0. The molecule has 2 aromatic rings. The Morgan fingerprint density at radius 1 is 1.40 bits per heavy atom. The van der Waals surface area contributed by atoms with Gasteiger partial charge in [0.25, 0.3) is 5.95 Å². The van der Waals surface area contributed by atoms with Gasteiger partial charge in [-0.15, -0.1) is 28.6 Å². The third kappa shape index (κ3) is 2.29. The van der Waals surface area contributed by atoms with Crippen molar-refractivity contribution >= 4 is 39.5 Å². The van der Waals surface area contributed by atoms with Crippen LogP contribution in [-0.2, 0) is 0 Å². The van der Waals surface area contributed by atoms with Crippen LogP contribution in [0.3, 0.4) is 0 Å². The zero-order valence-corrected chi connectivity index (χ0v) is 9.92. The van der Waals surface area contributed by atoms with Gasteiger partial charge in [0, 0.05) is 12.4 Å². The molecule has 5 nitrogen and oxygen atoms in total. The summed E-state index contributed by atoms with van der Waals surface area (Å²) in [5.41, 5.74) is 0.706. The van der Waals surface area contributed by atoms with Gasteiger partial charge in [0.05, 0.1) is 6.20 Å². The zero-order valence-electron chi connectivity index (χ0n) is 8.28.